The van der Waals surface area contributed by atoms with Crippen molar-refractivity contribution in [1.82, 2.24) is 4.90 Å². The fourth-order valence-electron chi connectivity index (χ4n) is 5.00. The summed E-state index contributed by atoms with van der Waals surface area (Å²) >= 11 is 1.57. The van der Waals surface area contributed by atoms with Gasteiger partial charge in [-0.1, -0.05) is 31.2 Å². The molecule has 2 aliphatic heterocycles. The van der Waals surface area contributed by atoms with Gasteiger partial charge in [0.25, 0.3) is 0 Å². The molecular weight excluding hydrogens is 408 g/mol. The molecule has 1 N–H and O–H groups in total. The monoisotopic (exact) mass is 438 g/mol. The second-order valence-electron chi connectivity index (χ2n) is 8.88. The Morgan fingerprint density at radius 2 is 2.16 bits per heavy atom. The van der Waals surface area contributed by atoms with E-state index in [2.05, 4.69) is 46.9 Å². The lowest BCUT2D eigenvalue weighted by molar-refractivity contribution is 0.0596. The lowest BCUT2D eigenvalue weighted by Gasteiger charge is -2.22. The molecule has 0 amide bonds. The Morgan fingerprint density at radius 1 is 1.29 bits per heavy atom. The number of rotatable bonds is 7. The number of hydrogen-bond donors (Lipinski definition) is 1. The van der Waals surface area contributed by atoms with Gasteiger partial charge < -0.3 is 19.1 Å². The molecule has 1 saturated carbocycles. The van der Waals surface area contributed by atoms with Gasteiger partial charge in [-0.25, -0.2) is 4.79 Å². The summed E-state index contributed by atoms with van der Waals surface area (Å²) in [4.78, 5) is 16.4. The maximum Gasteiger partial charge on any atom is 0.343 e. The maximum atomic E-state index is 12.6. The standard InChI is InChI=1S/C25H30N2O3S/c1-3-27-11-10-16(14-27)12-17-6-4-5-7-22(17)31-26-21-9-8-19-20-13-18(20)15-30-24(19)23(21)25(28)29-2/h4-9,16,18,20,26H,3,10-15H2,1-2H3/t16?,18-,20?/m0/s1. The van der Waals surface area contributed by atoms with E-state index in [1.54, 1.807) is 11.9 Å². The zero-order valence-corrected chi connectivity index (χ0v) is 19.0. The SMILES string of the molecule is CCN1CCC(Cc2ccccc2SNc2ccc3c(c2C(=O)OC)OC[C@@H]2CC32)C1. The number of hydrogen-bond acceptors (Lipinski definition) is 6. The minimum absolute atomic E-state index is 0.349. The zero-order valence-electron chi connectivity index (χ0n) is 18.2. The van der Waals surface area contributed by atoms with E-state index in [0.717, 1.165) is 30.6 Å². The average molecular weight is 439 g/mol. The summed E-state index contributed by atoms with van der Waals surface area (Å²) in [6, 6.07) is 12.7. The summed E-state index contributed by atoms with van der Waals surface area (Å²) in [5, 5.41) is 0. The lowest BCUT2D eigenvalue weighted by atomic mass is 9.99. The number of anilines is 1. The number of methoxy groups -OCH3 is 1. The number of nitrogens with zero attached hydrogens (tertiary/aromatic N) is 1. The van der Waals surface area contributed by atoms with Crippen LogP contribution in [0.5, 0.6) is 5.75 Å². The first kappa shape index (κ1) is 20.7. The van der Waals surface area contributed by atoms with Crippen molar-refractivity contribution in [2.45, 2.75) is 37.0 Å². The first-order valence-corrected chi connectivity index (χ1v) is 12.1. The first-order chi connectivity index (χ1) is 15.2. The van der Waals surface area contributed by atoms with Crippen molar-refractivity contribution in [2.24, 2.45) is 11.8 Å². The number of esters is 1. The molecule has 2 aromatic carbocycles. The summed E-state index contributed by atoms with van der Waals surface area (Å²) in [5.74, 6) is 2.20. The van der Waals surface area contributed by atoms with Crippen LogP contribution in [0.1, 0.15) is 47.2 Å². The van der Waals surface area contributed by atoms with Crippen LogP contribution in [0.4, 0.5) is 5.69 Å². The molecule has 5 rings (SSSR count). The van der Waals surface area contributed by atoms with Crippen LogP contribution >= 0.6 is 11.9 Å². The molecule has 1 aliphatic carbocycles. The van der Waals surface area contributed by atoms with Crippen LogP contribution in [0.15, 0.2) is 41.3 Å². The van der Waals surface area contributed by atoms with E-state index in [1.807, 2.05) is 6.07 Å². The Hall–Kier alpha value is -2.18. The molecule has 6 heteroatoms. The molecule has 2 heterocycles. The number of ether oxygens (including phenoxy) is 2. The lowest BCUT2D eigenvalue weighted by Crippen LogP contribution is -2.20. The first-order valence-electron chi connectivity index (χ1n) is 11.3. The molecule has 164 valence electrons. The highest BCUT2D eigenvalue weighted by Crippen LogP contribution is 2.55. The Balaban J connectivity index is 1.35. The number of benzene rings is 2. The smallest absolute Gasteiger partial charge is 0.343 e. The van der Waals surface area contributed by atoms with Crippen molar-refractivity contribution >= 4 is 23.6 Å². The number of nitrogens with one attached hydrogen (secondary N) is 1. The number of fused-ring (bicyclic) bond motifs is 3. The normalized spacial score (nSPS) is 24.1. The van der Waals surface area contributed by atoms with E-state index in [0.29, 0.717) is 35.7 Å². The molecule has 0 aromatic heterocycles. The van der Waals surface area contributed by atoms with Crippen molar-refractivity contribution in [3.8, 4) is 5.75 Å². The summed E-state index contributed by atoms with van der Waals surface area (Å²) in [7, 11) is 1.43. The van der Waals surface area contributed by atoms with Gasteiger partial charge in [0.05, 0.1) is 19.4 Å². The predicted molar refractivity (Wildman–Crippen MR) is 124 cm³/mol. The Kier molecular flexibility index (Phi) is 5.85. The van der Waals surface area contributed by atoms with Gasteiger partial charge in [0.15, 0.2) is 0 Å². The molecule has 2 aromatic rings. The summed E-state index contributed by atoms with van der Waals surface area (Å²) in [6.45, 7) is 6.44. The average Bonchev–Trinajstić information content (AvgIpc) is 3.47. The van der Waals surface area contributed by atoms with Gasteiger partial charge in [-0.15, -0.1) is 0 Å². The molecule has 5 nitrogen and oxygen atoms in total. The minimum atomic E-state index is -0.349. The zero-order chi connectivity index (χ0) is 21.4. The van der Waals surface area contributed by atoms with Gasteiger partial charge in [-0.2, -0.15) is 0 Å². The van der Waals surface area contributed by atoms with Crippen molar-refractivity contribution in [1.29, 1.82) is 0 Å². The molecule has 3 aliphatic rings. The van der Waals surface area contributed by atoms with Gasteiger partial charge in [-0.3, -0.25) is 0 Å². The van der Waals surface area contributed by atoms with Gasteiger partial charge >= 0.3 is 5.97 Å². The van der Waals surface area contributed by atoms with E-state index in [9.17, 15) is 4.79 Å². The molecular formula is C25H30N2O3S. The molecule has 0 radical (unpaired) electrons. The molecule has 2 fully saturated rings. The third kappa shape index (κ3) is 4.15. The van der Waals surface area contributed by atoms with E-state index in [-0.39, 0.29) is 5.97 Å². The highest BCUT2D eigenvalue weighted by Gasteiger charge is 2.45. The molecule has 3 atom stereocenters. The van der Waals surface area contributed by atoms with E-state index >= 15 is 0 Å². The van der Waals surface area contributed by atoms with Gasteiger partial charge in [0.1, 0.15) is 11.3 Å². The number of carbonyl (C=O) groups is 1. The highest BCUT2D eigenvalue weighted by molar-refractivity contribution is 8.00. The van der Waals surface area contributed by atoms with E-state index in [4.69, 9.17) is 9.47 Å². The van der Waals surface area contributed by atoms with Crippen molar-refractivity contribution in [2.75, 3.05) is 38.1 Å². The van der Waals surface area contributed by atoms with Crippen LogP contribution in [0.2, 0.25) is 0 Å². The topological polar surface area (TPSA) is 50.8 Å². The van der Waals surface area contributed by atoms with Gasteiger partial charge in [-0.05, 0) is 79.4 Å². The third-order valence-electron chi connectivity index (χ3n) is 6.91. The predicted octanol–water partition coefficient (Wildman–Crippen LogP) is 4.97. The molecule has 0 bridgehead atoms. The molecule has 0 spiro atoms. The highest BCUT2D eigenvalue weighted by atomic mass is 32.2. The Morgan fingerprint density at radius 3 is 2.97 bits per heavy atom. The summed E-state index contributed by atoms with van der Waals surface area (Å²) < 4.78 is 14.5. The quantitative estimate of drug-likeness (QED) is 0.486. The van der Waals surface area contributed by atoms with Gasteiger partial charge in [0, 0.05) is 17.4 Å². The minimum Gasteiger partial charge on any atom is -0.492 e. The fourth-order valence-corrected chi connectivity index (χ4v) is 5.82. The largest absolute Gasteiger partial charge is 0.492 e. The van der Waals surface area contributed by atoms with E-state index < -0.39 is 0 Å². The Bertz CT molecular complexity index is 979. The number of carbonyl (C=O) groups excluding carboxylic acids is 1. The van der Waals surface area contributed by atoms with Crippen LogP contribution in [0, 0.1) is 11.8 Å². The summed E-state index contributed by atoms with van der Waals surface area (Å²) in [5.41, 5.74) is 3.78. The summed E-state index contributed by atoms with van der Waals surface area (Å²) in [6.07, 6.45) is 3.50. The number of likely N-dealkylation sites (tertiary alicyclic amines) is 1. The van der Waals surface area contributed by atoms with Gasteiger partial charge in [0.2, 0.25) is 0 Å². The van der Waals surface area contributed by atoms with Crippen LogP contribution in [0.25, 0.3) is 0 Å². The van der Waals surface area contributed by atoms with Crippen molar-refractivity contribution < 1.29 is 14.3 Å². The molecule has 1 saturated heterocycles. The van der Waals surface area contributed by atoms with Crippen molar-refractivity contribution in [3.63, 3.8) is 0 Å². The van der Waals surface area contributed by atoms with Crippen LogP contribution in [-0.2, 0) is 11.2 Å². The van der Waals surface area contributed by atoms with Crippen molar-refractivity contribution in [3.05, 3.63) is 53.1 Å². The fraction of sp³-hybridized carbons (Fsp3) is 0.480. The maximum absolute atomic E-state index is 12.6. The molecule has 31 heavy (non-hydrogen) atoms. The van der Waals surface area contributed by atoms with Crippen LogP contribution in [-0.4, -0.2) is 44.2 Å². The second kappa shape index (κ2) is 8.75. The molecule has 2 unspecified atom stereocenters. The van der Waals surface area contributed by atoms with Crippen LogP contribution < -0.4 is 9.46 Å². The second-order valence-corrected chi connectivity index (χ2v) is 9.72. The van der Waals surface area contributed by atoms with E-state index in [1.165, 1.54) is 37.1 Å². The van der Waals surface area contributed by atoms with Crippen LogP contribution in [0.3, 0.4) is 0 Å². The Labute approximate surface area is 188 Å². The third-order valence-corrected chi connectivity index (χ3v) is 7.85.